The molecule has 2 amide bonds. The molecule has 1 saturated heterocycles. The zero-order valence-electron chi connectivity index (χ0n) is 20.0. The van der Waals surface area contributed by atoms with Gasteiger partial charge in [-0.1, -0.05) is 35.5 Å². The van der Waals surface area contributed by atoms with Gasteiger partial charge >= 0.3 is 12.0 Å². The first-order chi connectivity index (χ1) is 16.2. The number of benzene rings is 1. The molecule has 0 saturated carbocycles. The lowest BCUT2D eigenvalue weighted by molar-refractivity contribution is -0.160. The molecule has 34 heavy (non-hydrogen) atoms. The minimum atomic E-state index is -0.622. The molecule has 0 aliphatic carbocycles. The van der Waals surface area contributed by atoms with Gasteiger partial charge in [0.15, 0.2) is 5.84 Å². The molecule has 3 heterocycles. The molecule has 1 aromatic heterocycles. The van der Waals surface area contributed by atoms with Gasteiger partial charge in [-0.05, 0) is 26.3 Å². The molecule has 2 bridgehead atoms. The summed E-state index contributed by atoms with van der Waals surface area (Å²) in [5.41, 5.74) is 2.01. The number of likely N-dealkylation sites (N-methyl/N-ethyl adjacent to an activating group) is 1. The van der Waals surface area contributed by atoms with Crippen LogP contribution in [0.4, 0.5) is 4.79 Å². The number of carbonyl (C=O) groups is 2. The number of nitrogens with zero attached hydrogens (tertiary/aromatic N) is 5. The Morgan fingerprint density at radius 3 is 2.68 bits per heavy atom. The lowest BCUT2D eigenvalue weighted by atomic mass is 9.97. The lowest BCUT2D eigenvalue weighted by Gasteiger charge is -2.31. The van der Waals surface area contributed by atoms with Gasteiger partial charge in [0, 0.05) is 19.7 Å². The first-order valence-corrected chi connectivity index (χ1v) is 11.1. The summed E-state index contributed by atoms with van der Waals surface area (Å²) in [4.78, 5) is 38.2. The Morgan fingerprint density at radius 1 is 1.26 bits per heavy atom. The van der Waals surface area contributed by atoms with Crippen molar-refractivity contribution < 1.29 is 24.0 Å². The number of fused-ring (bicyclic) bond motifs is 4. The monoisotopic (exact) mass is 470 g/mol. The normalized spacial score (nSPS) is 19.8. The maximum atomic E-state index is 13.4. The second-order valence-electron chi connectivity index (χ2n) is 9.13. The molecule has 182 valence electrons. The van der Waals surface area contributed by atoms with Crippen LogP contribution < -0.4 is 5.32 Å². The number of hydrogen-bond acceptors (Lipinski definition) is 7. The molecule has 0 spiro atoms. The van der Waals surface area contributed by atoms with E-state index in [0.717, 1.165) is 16.8 Å². The summed E-state index contributed by atoms with van der Waals surface area (Å²) in [6, 6.07) is 8.51. The number of aryl methyl sites for hydroxylation is 1. The first kappa shape index (κ1) is 23.6. The van der Waals surface area contributed by atoms with Crippen LogP contribution in [0.15, 0.2) is 41.7 Å². The van der Waals surface area contributed by atoms with E-state index < -0.39 is 17.6 Å². The van der Waals surface area contributed by atoms with E-state index in [4.69, 9.17) is 14.4 Å². The molecule has 11 nitrogen and oxygen atoms in total. The molecule has 2 atom stereocenters. The molecule has 11 heteroatoms. The van der Waals surface area contributed by atoms with Crippen LogP contribution in [0, 0.1) is 0 Å². The smallest absolute Gasteiger partial charge is 0.347 e. The van der Waals surface area contributed by atoms with Crippen molar-refractivity contribution in [3.63, 3.8) is 0 Å². The van der Waals surface area contributed by atoms with Gasteiger partial charge in [-0.15, -0.1) is 0 Å². The fourth-order valence-corrected chi connectivity index (χ4v) is 4.14. The molecule has 2 aliphatic heterocycles. The minimum absolute atomic E-state index is 0.267. The van der Waals surface area contributed by atoms with E-state index in [0.29, 0.717) is 12.4 Å². The van der Waals surface area contributed by atoms with Crippen LogP contribution >= 0.6 is 0 Å². The number of carbonyl (C=O) groups excluding carboxylic acids is 2. The molecule has 1 aromatic carbocycles. The van der Waals surface area contributed by atoms with E-state index in [1.54, 1.807) is 43.6 Å². The Bertz CT molecular complexity index is 1080. The molecule has 4 rings (SSSR count). The summed E-state index contributed by atoms with van der Waals surface area (Å²) in [6.45, 7) is 5.66. The largest absolute Gasteiger partial charge is 0.457 e. The van der Waals surface area contributed by atoms with Crippen molar-refractivity contribution in [3.8, 4) is 0 Å². The highest BCUT2D eigenvalue weighted by molar-refractivity contribution is 5.93. The highest BCUT2D eigenvalue weighted by Gasteiger charge is 2.52. The number of rotatable bonds is 7. The Balaban J connectivity index is 1.55. The summed E-state index contributed by atoms with van der Waals surface area (Å²) in [5.74, 6) is -0.167. The van der Waals surface area contributed by atoms with E-state index in [1.807, 2.05) is 37.4 Å². The number of ether oxygens (including phenoxy) is 1. The minimum Gasteiger partial charge on any atom is -0.457 e. The van der Waals surface area contributed by atoms with Gasteiger partial charge < -0.3 is 19.8 Å². The Morgan fingerprint density at radius 2 is 2.00 bits per heavy atom. The molecule has 0 unspecified atom stereocenters. The van der Waals surface area contributed by atoms with Gasteiger partial charge in [0.1, 0.15) is 24.3 Å². The second-order valence-corrected chi connectivity index (χ2v) is 9.13. The molecular formula is C23H30N6O5. The molecule has 1 fully saturated rings. The SMILES string of the molecule is CN/C(=N\OCC(=O)OC(C)(C)C)[C@@H]1c2c(cnn2C)[C@@H]2CN1C(=O)N2OCc1ccccc1. The average molecular weight is 471 g/mol. The third-order valence-electron chi connectivity index (χ3n) is 5.52. The lowest BCUT2D eigenvalue weighted by Crippen LogP contribution is -2.43. The third kappa shape index (κ3) is 4.69. The number of oxime groups is 1. The van der Waals surface area contributed by atoms with Crippen LogP contribution in [0.1, 0.15) is 49.7 Å². The van der Waals surface area contributed by atoms with Crippen LogP contribution in [0.25, 0.3) is 0 Å². The van der Waals surface area contributed by atoms with Crippen molar-refractivity contribution >= 4 is 17.8 Å². The maximum Gasteiger partial charge on any atom is 0.347 e. The molecular weight excluding hydrogens is 440 g/mol. The number of hydrogen-bond donors (Lipinski definition) is 1. The Kier molecular flexibility index (Phi) is 6.47. The Hall–Kier alpha value is -3.60. The zero-order chi connectivity index (χ0) is 24.5. The number of esters is 1. The first-order valence-electron chi connectivity index (χ1n) is 11.1. The van der Waals surface area contributed by atoms with Gasteiger partial charge in [-0.2, -0.15) is 10.2 Å². The predicted octanol–water partition coefficient (Wildman–Crippen LogP) is 2.28. The number of nitrogens with one attached hydrogen (secondary N) is 1. The van der Waals surface area contributed by atoms with E-state index in [1.165, 1.54) is 5.06 Å². The maximum absolute atomic E-state index is 13.4. The van der Waals surface area contributed by atoms with Crippen LogP contribution in [0.2, 0.25) is 0 Å². The predicted molar refractivity (Wildman–Crippen MR) is 122 cm³/mol. The van der Waals surface area contributed by atoms with Crippen LogP contribution in [-0.2, 0) is 32.9 Å². The molecule has 0 radical (unpaired) electrons. The summed E-state index contributed by atoms with van der Waals surface area (Å²) in [6.07, 6.45) is 1.75. The number of hydroxylamine groups is 2. The van der Waals surface area contributed by atoms with Gasteiger partial charge in [0.05, 0.1) is 18.4 Å². The number of aromatic nitrogens is 2. The number of urea groups is 1. The van der Waals surface area contributed by atoms with Crippen LogP contribution in [-0.4, -0.2) is 63.4 Å². The third-order valence-corrected chi connectivity index (χ3v) is 5.52. The zero-order valence-corrected chi connectivity index (χ0v) is 20.0. The molecule has 2 aromatic rings. The van der Waals surface area contributed by atoms with Gasteiger partial charge in [-0.3, -0.25) is 9.52 Å². The van der Waals surface area contributed by atoms with E-state index in [2.05, 4.69) is 15.6 Å². The average Bonchev–Trinajstić information content (AvgIpc) is 3.30. The van der Waals surface area contributed by atoms with Crippen molar-refractivity contribution in [1.29, 1.82) is 0 Å². The quantitative estimate of drug-likeness (QED) is 0.286. The standard InChI is InChI=1S/C23H30N6O5/c1-23(2,3)34-18(30)14-32-26-21(24-4)20-19-16(11-25-27(19)5)17-12-28(20)22(31)29(17)33-13-15-9-7-6-8-10-15/h6-11,17,20H,12-14H2,1-5H3,(H,24,26)/t17-,20-/m0/s1. The molecule has 2 aliphatic rings. The van der Waals surface area contributed by atoms with Gasteiger partial charge in [0.25, 0.3) is 0 Å². The van der Waals surface area contributed by atoms with E-state index in [9.17, 15) is 9.59 Å². The highest BCUT2D eigenvalue weighted by Crippen LogP contribution is 2.44. The highest BCUT2D eigenvalue weighted by atomic mass is 16.7. The van der Waals surface area contributed by atoms with Gasteiger partial charge in [0.2, 0.25) is 6.61 Å². The number of amides is 2. The molecule has 1 N–H and O–H groups in total. The van der Waals surface area contributed by atoms with Crippen molar-refractivity contribution in [2.24, 2.45) is 12.2 Å². The fraction of sp³-hybridized carbons (Fsp3) is 0.478. The van der Waals surface area contributed by atoms with Crippen LogP contribution in [0.3, 0.4) is 0 Å². The summed E-state index contributed by atoms with van der Waals surface area (Å²) in [7, 11) is 3.49. The number of amidine groups is 1. The van der Waals surface area contributed by atoms with E-state index in [-0.39, 0.29) is 25.3 Å². The topological polar surface area (TPSA) is 111 Å². The fourth-order valence-electron chi connectivity index (χ4n) is 4.14. The summed E-state index contributed by atoms with van der Waals surface area (Å²) >= 11 is 0. The van der Waals surface area contributed by atoms with Crippen molar-refractivity contribution in [3.05, 3.63) is 53.3 Å². The van der Waals surface area contributed by atoms with Crippen molar-refractivity contribution in [1.82, 2.24) is 25.1 Å². The van der Waals surface area contributed by atoms with Crippen molar-refractivity contribution in [2.75, 3.05) is 20.2 Å². The van der Waals surface area contributed by atoms with Crippen LogP contribution in [0.5, 0.6) is 0 Å². The summed E-state index contributed by atoms with van der Waals surface area (Å²) < 4.78 is 6.97. The van der Waals surface area contributed by atoms with Gasteiger partial charge in [-0.25, -0.2) is 9.59 Å². The summed E-state index contributed by atoms with van der Waals surface area (Å²) in [5, 5.41) is 13.0. The Labute approximate surface area is 198 Å². The second kappa shape index (κ2) is 9.34. The van der Waals surface area contributed by atoms with Crippen molar-refractivity contribution in [2.45, 2.75) is 45.1 Å². The van der Waals surface area contributed by atoms with E-state index >= 15 is 0 Å².